The number of carbonyl (C=O) groups excluding carboxylic acids is 1. The number of amides is 2. The lowest BCUT2D eigenvalue weighted by Gasteiger charge is -2.23. The van der Waals surface area contributed by atoms with E-state index in [-0.39, 0.29) is 11.0 Å². The predicted molar refractivity (Wildman–Crippen MR) is 137 cm³/mol. The fraction of sp³-hybridized carbons (Fsp3) is 0.308. The number of hydrogen-bond donors (Lipinski definition) is 2. The Kier molecular flexibility index (Phi) is 7.32. The van der Waals surface area contributed by atoms with Crippen molar-refractivity contribution in [3.63, 3.8) is 0 Å². The summed E-state index contributed by atoms with van der Waals surface area (Å²) >= 11 is 3.41. The number of carbonyl (C=O) groups is 1. The average Bonchev–Trinajstić information content (AvgIpc) is 2.70. The number of pyridine rings is 1. The van der Waals surface area contributed by atoms with Gasteiger partial charge in [0.15, 0.2) is 0 Å². The molecule has 3 aromatic rings. The second kappa shape index (κ2) is 9.83. The lowest BCUT2D eigenvalue weighted by molar-refractivity contribution is 0.131. The molecule has 174 valence electrons. The highest BCUT2D eigenvalue weighted by molar-refractivity contribution is 9.10. The summed E-state index contributed by atoms with van der Waals surface area (Å²) in [5, 5.41) is 5.65. The van der Waals surface area contributed by atoms with Crippen LogP contribution >= 0.6 is 15.9 Å². The van der Waals surface area contributed by atoms with E-state index in [1.807, 2.05) is 57.2 Å². The molecule has 0 atom stereocenters. The van der Waals surface area contributed by atoms with Crippen LogP contribution in [0.4, 0.5) is 16.2 Å². The highest BCUT2D eigenvalue weighted by Gasteiger charge is 2.20. The van der Waals surface area contributed by atoms with Gasteiger partial charge in [-0.1, -0.05) is 39.0 Å². The SMILES string of the molecule is CC(C)(C)Oc1ccc(NC(=O)Nc2cc(Br)cnc2Oc2ccccc2C(C)(C)C)cc1. The first kappa shape index (κ1) is 24.6. The molecule has 2 N–H and O–H groups in total. The molecule has 1 aromatic heterocycles. The van der Waals surface area contributed by atoms with E-state index in [2.05, 4.69) is 52.3 Å². The minimum atomic E-state index is -0.409. The van der Waals surface area contributed by atoms with Gasteiger partial charge in [0.2, 0.25) is 5.88 Å². The number of nitrogens with zero attached hydrogens (tertiary/aromatic N) is 1. The van der Waals surface area contributed by atoms with Gasteiger partial charge >= 0.3 is 6.03 Å². The Bertz CT molecular complexity index is 1120. The molecule has 0 radical (unpaired) electrons. The highest BCUT2D eigenvalue weighted by atomic mass is 79.9. The summed E-state index contributed by atoms with van der Waals surface area (Å²) in [6.07, 6.45) is 1.63. The minimum absolute atomic E-state index is 0.111. The number of hydrogen-bond acceptors (Lipinski definition) is 4. The molecule has 0 unspecified atom stereocenters. The van der Waals surface area contributed by atoms with Crippen molar-refractivity contribution in [3.05, 3.63) is 70.8 Å². The van der Waals surface area contributed by atoms with Crippen LogP contribution in [-0.4, -0.2) is 16.6 Å². The fourth-order valence-corrected chi connectivity index (χ4v) is 3.45. The molecule has 1 heterocycles. The number of anilines is 2. The number of benzene rings is 2. The second-order valence-electron chi connectivity index (χ2n) is 9.67. The van der Waals surface area contributed by atoms with Gasteiger partial charge in [0, 0.05) is 21.9 Å². The van der Waals surface area contributed by atoms with E-state index < -0.39 is 6.03 Å². The van der Waals surface area contributed by atoms with Crippen molar-refractivity contribution >= 4 is 33.3 Å². The maximum absolute atomic E-state index is 12.7. The molecule has 33 heavy (non-hydrogen) atoms. The summed E-state index contributed by atoms with van der Waals surface area (Å²) in [5.41, 5.74) is 1.72. The van der Waals surface area contributed by atoms with Crippen LogP contribution in [0.1, 0.15) is 47.1 Å². The Labute approximate surface area is 203 Å². The smallest absolute Gasteiger partial charge is 0.323 e. The molecule has 7 heteroatoms. The molecule has 3 rings (SSSR count). The Hall–Kier alpha value is -3.06. The van der Waals surface area contributed by atoms with Crippen LogP contribution in [0.2, 0.25) is 0 Å². The summed E-state index contributed by atoms with van der Waals surface area (Å²) in [6.45, 7) is 12.3. The lowest BCUT2D eigenvalue weighted by atomic mass is 9.86. The molecular formula is C26H30BrN3O3. The Balaban J connectivity index is 1.76. The number of urea groups is 1. The number of para-hydroxylation sites is 1. The monoisotopic (exact) mass is 511 g/mol. The second-order valence-corrected chi connectivity index (χ2v) is 10.6. The number of aromatic nitrogens is 1. The first-order valence-corrected chi connectivity index (χ1v) is 11.5. The molecule has 2 amide bonds. The molecular weight excluding hydrogens is 482 g/mol. The molecule has 2 aromatic carbocycles. The van der Waals surface area contributed by atoms with E-state index in [9.17, 15) is 4.79 Å². The zero-order chi connectivity index (χ0) is 24.2. The van der Waals surface area contributed by atoms with E-state index in [4.69, 9.17) is 9.47 Å². The van der Waals surface area contributed by atoms with E-state index in [1.54, 1.807) is 24.4 Å². The molecule has 0 bridgehead atoms. The van der Waals surface area contributed by atoms with Crippen LogP contribution < -0.4 is 20.1 Å². The van der Waals surface area contributed by atoms with Gasteiger partial charge in [-0.05, 0) is 78.5 Å². The Morgan fingerprint density at radius 3 is 2.24 bits per heavy atom. The van der Waals surface area contributed by atoms with Crippen molar-refractivity contribution in [1.29, 1.82) is 0 Å². The maximum atomic E-state index is 12.7. The van der Waals surface area contributed by atoms with Crippen LogP contribution in [0.15, 0.2) is 65.3 Å². The average molecular weight is 512 g/mol. The first-order valence-electron chi connectivity index (χ1n) is 10.7. The van der Waals surface area contributed by atoms with E-state index >= 15 is 0 Å². The summed E-state index contributed by atoms with van der Waals surface area (Å²) in [5.74, 6) is 1.73. The summed E-state index contributed by atoms with van der Waals surface area (Å²) in [7, 11) is 0. The van der Waals surface area contributed by atoms with Crippen LogP contribution in [0.3, 0.4) is 0 Å². The van der Waals surface area contributed by atoms with Gasteiger partial charge in [0.05, 0.1) is 0 Å². The van der Waals surface area contributed by atoms with Gasteiger partial charge in [-0.2, -0.15) is 0 Å². The summed E-state index contributed by atoms with van der Waals surface area (Å²) in [6, 6.07) is 16.4. The zero-order valence-corrected chi connectivity index (χ0v) is 21.4. The minimum Gasteiger partial charge on any atom is -0.488 e. The van der Waals surface area contributed by atoms with Gasteiger partial charge < -0.3 is 20.1 Å². The molecule has 0 aliphatic heterocycles. The molecule has 0 saturated heterocycles. The van der Waals surface area contributed by atoms with Crippen molar-refractivity contribution in [2.75, 3.05) is 10.6 Å². The fourth-order valence-electron chi connectivity index (χ4n) is 3.12. The molecule has 6 nitrogen and oxygen atoms in total. The Morgan fingerprint density at radius 1 is 0.939 bits per heavy atom. The van der Waals surface area contributed by atoms with Gasteiger partial charge in [-0.3, -0.25) is 0 Å². The van der Waals surface area contributed by atoms with Crippen molar-refractivity contribution < 1.29 is 14.3 Å². The van der Waals surface area contributed by atoms with Crippen molar-refractivity contribution in [1.82, 2.24) is 4.98 Å². The molecule has 0 fully saturated rings. The quantitative estimate of drug-likeness (QED) is 0.367. The molecule has 0 spiro atoms. The van der Waals surface area contributed by atoms with Gasteiger partial charge in [0.25, 0.3) is 0 Å². The number of ether oxygens (including phenoxy) is 2. The van der Waals surface area contributed by atoms with Crippen molar-refractivity contribution in [2.24, 2.45) is 0 Å². The van der Waals surface area contributed by atoms with Crippen LogP contribution in [0.5, 0.6) is 17.4 Å². The lowest BCUT2D eigenvalue weighted by Crippen LogP contribution is -2.23. The molecule has 0 saturated carbocycles. The van der Waals surface area contributed by atoms with Gasteiger partial charge in [-0.15, -0.1) is 0 Å². The van der Waals surface area contributed by atoms with Gasteiger partial charge in [-0.25, -0.2) is 9.78 Å². The first-order chi connectivity index (χ1) is 15.4. The third kappa shape index (κ3) is 7.22. The number of rotatable bonds is 5. The normalized spacial score (nSPS) is 11.6. The highest BCUT2D eigenvalue weighted by Crippen LogP contribution is 2.36. The topological polar surface area (TPSA) is 72.5 Å². The van der Waals surface area contributed by atoms with Crippen molar-refractivity contribution in [3.8, 4) is 17.4 Å². The molecule has 0 aliphatic carbocycles. The molecule has 0 aliphatic rings. The van der Waals surface area contributed by atoms with Crippen LogP contribution in [-0.2, 0) is 5.41 Å². The van der Waals surface area contributed by atoms with Gasteiger partial charge in [0.1, 0.15) is 22.8 Å². The van der Waals surface area contributed by atoms with Crippen molar-refractivity contribution in [2.45, 2.75) is 52.6 Å². The Morgan fingerprint density at radius 2 is 1.61 bits per heavy atom. The summed E-state index contributed by atoms with van der Waals surface area (Å²) in [4.78, 5) is 17.1. The number of nitrogens with one attached hydrogen (secondary N) is 2. The van der Waals surface area contributed by atoms with Crippen LogP contribution in [0, 0.1) is 0 Å². The third-order valence-corrected chi connectivity index (χ3v) is 4.94. The zero-order valence-electron chi connectivity index (χ0n) is 19.8. The predicted octanol–water partition coefficient (Wildman–Crippen LogP) is 7.76. The number of halogens is 1. The van der Waals surface area contributed by atoms with E-state index in [0.29, 0.717) is 23.0 Å². The van der Waals surface area contributed by atoms with Crippen LogP contribution in [0.25, 0.3) is 0 Å². The standard InChI is InChI=1S/C26H30BrN3O3/c1-25(2,3)20-9-7-8-10-22(20)32-23-21(15-17(27)16-28-23)30-24(31)29-18-11-13-19(14-12-18)33-26(4,5)6/h7-16H,1-6H3,(H2,29,30,31). The third-order valence-electron chi connectivity index (χ3n) is 4.50. The largest absolute Gasteiger partial charge is 0.488 e. The summed E-state index contributed by atoms with van der Waals surface area (Å²) < 4.78 is 12.7. The maximum Gasteiger partial charge on any atom is 0.323 e. The van der Waals surface area contributed by atoms with E-state index in [0.717, 1.165) is 15.8 Å². The van der Waals surface area contributed by atoms with E-state index in [1.165, 1.54) is 0 Å².